The number of esters is 1. The highest BCUT2D eigenvalue weighted by Crippen LogP contribution is 2.10. The number of rotatable bonds is 4. The van der Waals surface area contributed by atoms with Crippen LogP contribution in [0.3, 0.4) is 0 Å². The number of carbonyl (C=O) groups is 2. The summed E-state index contributed by atoms with van der Waals surface area (Å²) in [6.45, 7) is 3.31. The summed E-state index contributed by atoms with van der Waals surface area (Å²) in [5.74, 6) is -0.384. The van der Waals surface area contributed by atoms with Crippen molar-refractivity contribution in [3.05, 3.63) is 24.3 Å². The van der Waals surface area contributed by atoms with E-state index in [1.165, 1.54) is 13.2 Å². The maximum absolute atomic E-state index is 11.8. The molecule has 0 aromatic rings. The van der Waals surface area contributed by atoms with E-state index in [2.05, 4.69) is 4.74 Å². The smallest absolute Gasteiger partial charge is 0.308 e. The van der Waals surface area contributed by atoms with Crippen molar-refractivity contribution in [2.24, 2.45) is 0 Å². The van der Waals surface area contributed by atoms with Crippen molar-refractivity contribution >= 4 is 11.9 Å². The van der Waals surface area contributed by atoms with Gasteiger partial charge in [0, 0.05) is 19.2 Å². The summed E-state index contributed by atoms with van der Waals surface area (Å²) < 4.78 is 10.0. The Labute approximate surface area is 107 Å². The second kappa shape index (κ2) is 7.66. The van der Waals surface area contributed by atoms with Gasteiger partial charge in [-0.15, -0.1) is 0 Å². The van der Waals surface area contributed by atoms with Crippen LogP contribution < -0.4 is 0 Å². The van der Waals surface area contributed by atoms with Gasteiger partial charge in [-0.25, -0.2) is 0 Å². The highest BCUT2D eigenvalue weighted by Gasteiger charge is 2.25. The lowest BCUT2D eigenvalue weighted by atomic mass is 10.2. The van der Waals surface area contributed by atoms with E-state index < -0.39 is 0 Å². The van der Waals surface area contributed by atoms with Gasteiger partial charge in [0.1, 0.15) is 0 Å². The Hall–Kier alpha value is -1.62. The molecule has 0 bridgehead atoms. The minimum Gasteiger partial charge on any atom is -0.469 e. The van der Waals surface area contributed by atoms with Crippen molar-refractivity contribution < 1.29 is 19.1 Å². The van der Waals surface area contributed by atoms with E-state index in [9.17, 15) is 9.59 Å². The molecule has 1 saturated heterocycles. The first-order valence-electron chi connectivity index (χ1n) is 5.94. The Morgan fingerprint density at radius 2 is 2.22 bits per heavy atom. The van der Waals surface area contributed by atoms with E-state index >= 15 is 0 Å². The van der Waals surface area contributed by atoms with Gasteiger partial charge in [-0.2, -0.15) is 0 Å². The fourth-order valence-corrected chi connectivity index (χ4v) is 1.67. The molecule has 0 radical (unpaired) electrons. The summed E-state index contributed by atoms with van der Waals surface area (Å²) >= 11 is 0. The fraction of sp³-hybridized carbons (Fsp3) is 0.538. The Morgan fingerprint density at radius 3 is 2.89 bits per heavy atom. The number of hydrogen-bond donors (Lipinski definition) is 0. The average molecular weight is 253 g/mol. The number of methoxy groups -OCH3 is 1. The quantitative estimate of drug-likeness (QED) is 0.424. The molecule has 1 aliphatic rings. The molecule has 5 nitrogen and oxygen atoms in total. The van der Waals surface area contributed by atoms with Crippen molar-refractivity contribution in [2.45, 2.75) is 19.4 Å². The van der Waals surface area contributed by atoms with Crippen LogP contribution in [0, 0.1) is 0 Å². The molecule has 1 aliphatic heterocycles. The van der Waals surface area contributed by atoms with Gasteiger partial charge >= 0.3 is 5.97 Å². The van der Waals surface area contributed by atoms with E-state index in [1.54, 1.807) is 17.1 Å². The first kappa shape index (κ1) is 14.4. The topological polar surface area (TPSA) is 55.8 Å². The third-order valence-electron chi connectivity index (χ3n) is 2.61. The summed E-state index contributed by atoms with van der Waals surface area (Å²) in [6, 6.07) is 0. The van der Waals surface area contributed by atoms with Crippen LogP contribution >= 0.6 is 0 Å². The number of amides is 1. The van der Waals surface area contributed by atoms with Crippen LogP contribution in [0.2, 0.25) is 0 Å². The SMILES string of the molecule is CC=C/C=C/C(=O)N1CCOC(CC(=O)OC)C1. The summed E-state index contributed by atoms with van der Waals surface area (Å²) in [4.78, 5) is 24.6. The lowest BCUT2D eigenvalue weighted by molar-refractivity contribution is -0.148. The van der Waals surface area contributed by atoms with Gasteiger partial charge in [0.25, 0.3) is 0 Å². The highest BCUT2D eigenvalue weighted by molar-refractivity contribution is 5.88. The standard InChI is InChI=1S/C13H19NO4/c1-3-4-5-6-12(15)14-7-8-18-11(10-14)9-13(16)17-2/h3-6,11H,7-10H2,1-2H3/b4-3?,6-5+. The molecule has 1 rings (SSSR count). The van der Waals surface area contributed by atoms with Crippen LogP contribution in [-0.2, 0) is 19.1 Å². The zero-order valence-electron chi connectivity index (χ0n) is 10.8. The molecule has 1 fully saturated rings. The third kappa shape index (κ3) is 4.71. The first-order valence-corrected chi connectivity index (χ1v) is 5.94. The van der Waals surface area contributed by atoms with Gasteiger partial charge in [-0.05, 0) is 6.92 Å². The van der Waals surface area contributed by atoms with E-state index in [-0.39, 0.29) is 24.4 Å². The Morgan fingerprint density at radius 1 is 1.44 bits per heavy atom. The van der Waals surface area contributed by atoms with Gasteiger partial charge in [0.05, 0.1) is 26.2 Å². The van der Waals surface area contributed by atoms with E-state index in [0.29, 0.717) is 19.7 Å². The van der Waals surface area contributed by atoms with Crippen LogP contribution in [0.25, 0.3) is 0 Å². The lowest BCUT2D eigenvalue weighted by Crippen LogP contribution is -2.45. The third-order valence-corrected chi connectivity index (χ3v) is 2.61. The summed E-state index contributed by atoms with van der Waals surface area (Å²) in [7, 11) is 1.34. The van der Waals surface area contributed by atoms with Gasteiger partial charge in [0.15, 0.2) is 0 Å². The van der Waals surface area contributed by atoms with Crippen molar-refractivity contribution in [3.8, 4) is 0 Å². The fourth-order valence-electron chi connectivity index (χ4n) is 1.67. The van der Waals surface area contributed by atoms with E-state index in [1.807, 2.05) is 13.0 Å². The second-order valence-corrected chi connectivity index (χ2v) is 3.94. The minimum absolute atomic E-state index is 0.0636. The molecule has 1 heterocycles. The zero-order valence-corrected chi connectivity index (χ0v) is 10.8. The molecule has 1 unspecified atom stereocenters. The van der Waals surface area contributed by atoms with Crippen LogP contribution in [0.15, 0.2) is 24.3 Å². The van der Waals surface area contributed by atoms with Gasteiger partial charge in [0.2, 0.25) is 5.91 Å². The molecule has 0 aromatic carbocycles. The van der Waals surface area contributed by atoms with Crippen LogP contribution in [0.4, 0.5) is 0 Å². The Bertz CT molecular complexity index is 349. The summed E-state index contributed by atoms with van der Waals surface area (Å²) in [5.41, 5.74) is 0. The number of morpholine rings is 1. The molecule has 100 valence electrons. The maximum Gasteiger partial charge on any atom is 0.308 e. The minimum atomic E-state index is -0.321. The lowest BCUT2D eigenvalue weighted by Gasteiger charge is -2.31. The largest absolute Gasteiger partial charge is 0.469 e. The average Bonchev–Trinajstić information content (AvgIpc) is 2.39. The number of carbonyl (C=O) groups excluding carboxylic acids is 2. The number of allylic oxidation sites excluding steroid dienone is 3. The molecule has 0 N–H and O–H groups in total. The number of hydrogen-bond acceptors (Lipinski definition) is 4. The van der Waals surface area contributed by atoms with Crippen molar-refractivity contribution in [3.63, 3.8) is 0 Å². The molecule has 0 saturated carbocycles. The first-order chi connectivity index (χ1) is 8.67. The molecule has 0 aromatic heterocycles. The zero-order chi connectivity index (χ0) is 13.4. The second-order valence-electron chi connectivity index (χ2n) is 3.94. The highest BCUT2D eigenvalue weighted by atomic mass is 16.5. The summed E-state index contributed by atoms with van der Waals surface area (Å²) in [6.07, 6.45) is 6.77. The molecule has 0 spiro atoms. The van der Waals surface area contributed by atoms with Crippen LogP contribution in [0.5, 0.6) is 0 Å². The molecule has 1 amide bonds. The van der Waals surface area contributed by atoms with Crippen LogP contribution in [-0.4, -0.2) is 49.7 Å². The number of ether oxygens (including phenoxy) is 2. The monoisotopic (exact) mass is 253 g/mol. The molecular formula is C13H19NO4. The predicted octanol–water partition coefficient (Wildman–Crippen LogP) is 0.909. The molecule has 18 heavy (non-hydrogen) atoms. The van der Waals surface area contributed by atoms with Gasteiger partial charge in [-0.1, -0.05) is 18.2 Å². The molecule has 5 heteroatoms. The van der Waals surface area contributed by atoms with Crippen molar-refractivity contribution in [1.82, 2.24) is 4.90 Å². The molecule has 1 atom stereocenters. The van der Waals surface area contributed by atoms with E-state index in [0.717, 1.165) is 0 Å². The van der Waals surface area contributed by atoms with Crippen molar-refractivity contribution in [1.29, 1.82) is 0 Å². The van der Waals surface area contributed by atoms with E-state index in [4.69, 9.17) is 4.74 Å². The molecular weight excluding hydrogens is 234 g/mol. The van der Waals surface area contributed by atoms with Gasteiger partial charge < -0.3 is 14.4 Å². The Balaban J connectivity index is 2.47. The Kier molecular flexibility index (Phi) is 6.14. The molecule has 0 aliphatic carbocycles. The van der Waals surface area contributed by atoms with Gasteiger partial charge in [-0.3, -0.25) is 9.59 Å². The maximum atomic E-state index is 11.8. The number of nitrogens with zero attached hydrogens (tertiary/aromatic N) is 1. The van der Waals surface area contributed by atoms with Crippen molar-refractivity contribution in [2.75, 3.05) is 26.8 Å². The summed E-state index contributed by atoms with van der Waals surface area (Å²) in [5, 5.41) is 0. The normalized spacial score (nSPS) is 20.6. The van der Waals surface area contributed by atoms with Crippen LogP contribution in [0.1, 0.15) is 13.3 Å². The predicted molar refractivity (Wildman–Crippen MR) is 66.9 cm³/mol.